The van der Waals surface area contributed by atoms with E-state index in [4.69, 9.17) is 9.57 Å². The Labute approximate surface area is 351 Å². The average Bonchev–Trinajstić information content (AvgIpc) is 3.56. The molecule has 3 aromatic rings. The van der Waals surface area contributed by atoms with Crippen LogP contribution >= 0.6 is 0 Å². The molecule has 1 aromatic heterocycles. The molecule has 14 nitrogen and oxygen atoms in total. The first-order valence-electron chi connectivity index (χ1n) is 19.8. The van der Waals surface area contributed by atoms with Gasteiger partial charge in [-0.3, -0.25) is 9.11 Å². The van der Waals surface area contributed by atoms with Crippen molar-refractivity contribution in [3.8, 4) is 17.5 Å². The normalized spacial score (nSPS) is 19.5. The Morgan fingerprint density at radius 2 is 1.65 bits per heavy atom. The number of carbonyl (C=O) groups excluding carboxylic acids is 1. The Kier molecular flexibility index (Phi) is 11.9. The number of hydrogen-bond donors (Lipinski definition) is 4. The molecule has 1 unspecified atom stereocenters. The van der Waals surface area contributed by atoms with Crippen molar-refractivity contribution >= 4 is 54.4 Å². The van der Waals surface area contributed by atoms with E-state index >= 15 is 0 Å². The molecule has 3 aliphatic rings. The molecule has 0 saturated carbocycles. The SMILES string of the molecule is CCN1c2cc3c(cc2C(C)=CC1(C)C)C(=CC=CC1=[N+](CCCS(=O)(=O)O)c2ccc(S(=O)(=O)O)cc2C1(C)CCCC(=O)On1c(O)ccc1O)C=C(C(C)(C)C)O3. The van der Waals surface area contributed by atoms with Crippen LogP contribution < -0.4 is 14.5 Å². The summed E-state index contributed by atoms with van der Waals surface area (Å²) in [6.07, 6.45) is 10.3. The molecule has 0 aliphatic carbocycles. The molecule has 1 atom stereocenters. The molecule has 0 saturated heterocycles. The zero-order valence-corrected chi connectivity index (χ0v) is 36.8. The molecule has 60 heavy (non-hydrogen) atoms. The highest BCUT2D eigenvalue weighted by Crippen LogP contribution is 2.48. The summed E-state index contributed by atoms with van der Waals surface area (Å²) in [5, 5.41) is 19.9. The van der Waals surface area contributed by atoms with Crippen molar-refractivity contribution in [2.75, 3.05) is 23.7 Å². The van der Waals surface area contributed by atoms with Gasteiger partial charge < -0.3 is 24.7 Å². The standard InChI is InChI=1S/C44H53N3O11S2/c1-9-46-35-26-36-32(25-31(35)28(2)27-43(46,6)7)29(23-38(57-36)42(3,4)5)13-10-14-37-44(8,20-11-15-41(50)58-47-39(48)18-19-40(47)49)33-24-30(60(54,55)56)16-17-34(33)45(37)21-12-22-59(51,52)53/h10,13-14,16-19,23-27H,9,11-12,15,20-22H2,1-8H3,(H3-,48,49,51,52,53,54,55,56)/p+1. The van der Waals surface area contributed by atoms with Crippen LogP contribution in [0.1, 0.15) is 97.8 Å². The van der Waals surface area contributed by atoms with Crippen LogP contribution in [0.2, 0.25) is 0 Å². The van der Waals surface area contributed by atoms with Crippen LogP contribution in [-0.2, 0) is 30.4 Å². The number of aromatic nitrogens is 1. The van der Waals surface area contributed by atoms with Crippen LogP contribution in [0.3, 0.4) is 0 Å². The highest BCUT2D eigenvalue weighted by molar-refractivity contribution is 7.86. The lowest BCUT2D eigenvalue weighted by Gasteiger charge is -2.43. The van der Waals surface area contributed by atoms with Crippen molar-refractivity contribution in [3.63, 3.8) is 0 Å². The van der Waals surface area contributed by atoms with E-state index in [1.165, 1.54) is 12.1 Å². The van der Waals surface area contributed by atoms with E-state index in [9.17, 15) is 40.9 Å². The molecule has 6 rings (SSSR count). The number of carbonyl (C=O) groups is 1. The lowest BCUT2D eigenvalue weighted by atomic mass is 9.75. The second-order valence-corrected chi connectivity index (χ2v) is 20.2. The summed E-state index contributed by atoms with van der Waals surface area (Å²) in [6, 6.07) is 10.8. The van der Waals surface area contributed by atoms with Gasteiger partial charge in [0.2, 0.25) is 17.4 Å². The number of likely N-dealkylation sites (N-methyl/N-ethyl adjacent to an activating group) is 1. The van der Waals surface area contributed by atoms with Gasteiger partial charge in [0.05, 0.1) is 21.6 Å². The van der Waals surface area contributed by atoms with Crippen molar-refractivity contribution in [2.24, 2.45) is 5.41 Å². The van der Waals surface area contributed by atoms with E-state index < -0.39 is 49.1 Å². The number of aromatic hydroxyl groups is 2. The summed E-state index contributed by atoms with van der Waals surface area (Å²) in [5.74, 6) is -0.736. The predicted molar refractivity (Wildman–Crippen MR) is 230 cm³/mol. The minimum absolute atomic E-state index is 0.0228. The van der Waals surface area contributed by atoms with Crippen LogP contribution in [0, 0.1) is 5.41 Å². The molecule has 0 fully saturated rings. The van der Waals surface area contributed by atoms with Crippen molar-refractivity contribution in [1.82, 2.24) is 4.73 Å². The van der Waals surface area contributed by atoms with Gasteiger partial charge in [-0.05, 0) is 82.9 Å². The number of nitrogens with zero attached hydrogens (tertiary/aromatic N) is 3. The van der Waals surface area contributed by atoms with E-state index in [0.717, 1.165) is 52.4 Å². The molecule has 4 N–H and O–H groups in total. The van der Waals surface area contributed by atoms with Gasteiger partial charge in [0.15, 0.2) is 5.71 Å². The van der Waals surface area contributed by atoms with Crippen molar-refractivity contribution in [2.45, 2.75) is 96.9 Å². The van der Waals surface area contributed by atoms with Crippen LogP contribution in [0.4, 0.5) is 11.4 Å². The molecule has 0 radical (unpaired) electrons. The Hall–Kier alpha value is -5.16. The maximum Gasteiger partial charge on any atom is 0.333 e. The first-order chi connectivity index (χ1) is 27.8. The average molecular weight is 865 g/mol. The molecule has 16 heteroatoms. The van der Waals surface area contributed by atoms with Crippen molar-refractivity contribution in [3.05, 3.63) is 95.3 Å². The second kappa shape index (κ2) is 16.0. The molecule has 322 valence electrons. The number of fused-ring (bicyclic) bond motifs is 3. The molecule has 0 bridgehead atoms. The van der Waals surface area contributed by atoms with E-state index in [1.807, 2.05) is 35.8 Å². The maximum absolute atomic E-state index is 12.9. The quantitative estimate of drug-likeness (QED) is 0.0973. The van der Waals surface area contributed by atoms with Crippen molar-refractivity contribution in [1.29, 1.82) is 0 Å². The van der Waals surface area contributed by atoms with Gasteiger partial charge in [-0.15, -0.1) is 4.73 Å². The van der Waals surface area contributed by atoms with Gasteiger partial charge >= 0.3 is 5.97 Å². The number of benzene rings is 2. The Bertz CT molecular complexity index is 2610. The zero-order valence-electron chi connectivity index (χ0n) is 35.2. The number of allylic oxidation sites excluding steroid dienone is 7. The van der Waals surface area contributed by atoms with Gasteiger partial charge in [0.25, 0.3) is 20.2 Å². The summed E-state index contributed by atoms with van der Waals surface area (Å²) in [5.41, 5.74) is 5.23. The summed E-state index contributed by atoms with van der Waals surface area (Å²) in [6.45, 7) is 17.6. The first kappa shape index (κ1) is 44.4. The second-order valence-electron chi connectivity index (χ2n) is 17.3. The Balaban J connectivity index is 1.46. The minimum Gasteiger partial charge on any atom is -0.492 e. The number of ether oxygens (including phenoxy) is 1. The number of rotatable bonds is 13. The fraction of sp³-hybridized carbons (Fsp3) is 0.409. The molecule has 0 spiro atoms. The van der Waals surface area contributed by atoms with E-state index in [-0.39, 0.29) is 48.1 Å². The third-order valence-electron chi connectivity index (χ3n) is 11.3. The molecule has 4 heterocycles. The van der Waals surface area contributed by atoms with Crippen LogP contribution in [0.25, 0.3) is 11.1 Å². The fourth-order valence-electron chi connectivity index (χ4n) is 8.44. The zero-order chi connectivity index (χ0) is 44.2. The Morgan fingerprint density at radius 1 is 0.967 bits per heavy atom. The van der Waals surface area contributed by atoms with E-state index in [1.54, 1.807) is 6.07 Å². The smallest absolute Gasteiger partial charge is 0.333 e. The molecule has 3 aliphatic heterocycles. The third-order valence-corrected chi connectivity index (χ3v) is 13.0. The Morgan fingerprint density at radius 3 is 2.27 bits per heavy atom. The van der Waals surface area contributed by atoms with Gasteiger partial charge in [-0.25, -0.2) is 4.79 Å². The summed E-state index contributed by atoms with van der Waals surface area (Å²) >= 11 is 0. The summed E-state index contributed by atoms with van der Waals surface area (Å²) < 4.78 is 77.2. The highest BCUT2D eigenvalue weighted by Gasteiger charge is 2.48. The topological polar surface area (TPSA) is 196 Å². The molecular formula is C44H54N3O11S2+. The van der Waals surface area contributed by atoms with Gasteiger partial charge in [0.1, 0.15) is 18.1 Å². The molecular weight excluding hydrogens is 811 g/mol. The molecule has 0 amide bonds. The highest BCUT2D eigenvalue weighted by atomic mass is 32.2. The van der Waals surface area contributed by atoms with Crippen LogP contribution in [-0.4, -0.2) is 81.5 Å². The maximum atomic E-state index is 12.9. The minimum atomic E-state index is -4.63. The first-order valence-corrected chi connectivity index (χ1v) is 22.9. The van der Waals surface area contributed by atoms with Gasteiger partial charge in [0, 0.05) is 77.5 Å². The summed E-state index contributed by atoms with van der Waals surface area (Å²) in [7, 11) is -8.94. The third kappa shape index (κ3) is 8.97. The van der Waals surface area contributed by atoms with E-state index in [0.29, 0.717) is 27.4 Å². The predicted octanol–water partition coefficient (Wildman–Crippen LogP) is 7.59. The summed E-state index contributed by atoms with van der Waals surface area (Å²) in [4.78, 5) is 20.1. The van der Waals surface area contributed by atoms with Crippen LogP contribution in [0.5, 0.6) is 17.5 Å². The number of anilines is 1. The van der Waals surface area contributed by atoms with E-state index in [2.05, 4.69) is 71.6 Å². The monoisotopic (exact) mass is 864 g/mol. The van der Waals surface area contributed by atoms with Crippen LogP contribution in [0.15, 0.2) is 83.5 Å². The fourth-order valence-corrected chi connectivity index (χ4v) is 9.44. The number of hydrogen-bond acceptors (Lipinski definition) is 10. The lowest BCUT2D eigenvalue weighted by molar-refractivity contribution is -0.437. The van der Waals surface area contributed by atoms with Gasteiger partial charge in [-0.2, -0.15) is 21.4 Å². The molecule has 2 aromatic carbocycles. The van der Waals surface area contributed by atoms with Crippen molar-refractivity contribution < 1.29 is 55.1 Å². The largest absolute Gasteiger partial charge is 0.492 e. The van der Waals surface area contributed by atoms with Gasteiger partial charge in [-0.1, -0.05) is 39.0 Å². The lowest BCUT2D eigenvalue weighted by Crippen LogP contribution is -2.45.